The summed E-state index contributed by atoms with van der Waals surface area (Å²) in [4.78, 5) is 15.9. The molecule has 0 fully saturated rings. The fraction of sp³-hybridized carbons (Fsp3) is 0.154. The lowest BCUT2D eigenvalue weighted by atomic mass is 10.0. The molecule has 2 heterocycles. The Morgan fingerprint density at radius 2 is 2.10 bits per heavy atom. The third kappa shape index (κ3) is 2.28. The van der Waals surface area contributed by atoms with Gasteiger partial charge in [0, 0.05) is 36.7 Å². The molecule has 21 heavy (non-hydrogen) atoms. The first-order valence-electron chi connectivity index (χ1n) is 6.06. The summed E-state index contributed by atoms with van der Waals surface area (Å²) in [7, 11) is 0. The summed E-state index contributed by atoms with van der Waals surface area (Å²) in [5, 5.41) is 4.82. The van der Waals surface area contributed by atoms with Crippen LogP contribution >= 0.6 is 0 Å². The molecule has 0 N–H and O–H groups in total. The van der Waals surface area contributed by atoms with Crippen molar-refractivity contribution in [3.05, 3.63) is 53.9 Å². The van der Waals surface area contributed by atoms with E-state index in [2.05, 4.69) is 10.1 Å². The lowest BCUT2D eigenvalue weighted by Crippen LogP contribution is -2.31. The van der Waals surface area contributed by atoms with Crippen LogP contribution in [-0.2, 0) is 0 Å². The highest BCUT2D eigenvalue weighted by Crippen LogP contribution is 2.32. The molecule has 1 aliphatic rings. The average Bonchev–Trinajstić information content (AvgIpc) is 3.12. The van der Waals surface area contributed by atoms with Gasteiger partial charge in [0.15, 0.2) is 11.6 Å². The maximum atomic E-state index is 13.9. The molecule has 0 bridgehead atoms. The highest BCUT2D eigenvalue weighted by Gasteiger charge is 2.32. The van der Waals surface area contributed by atoms with Crippen molar-refractivity contribution in [2.24, 2.45) is 5.10 Å². The van der Waals surface area contributed by atoms with E-state index in [1.807, 2.05) is 0 Å². The number of carbonyl (C=O) groups excluding carboxylic acids is 1. The van der Waals surface area contributed by atoms with Gasteiger partial charge in [-0.15, -0.1) is 0 Å². The smallest absolute Gasteiger partial charge is 0.257 e. The first kappa shape index (κ1) is 13.3. The number of amides is 1. The van der Waals surface area contributed by atoms with Crippen LogP contribution in [0.15, 0.2) is 36.0 Å². The van der Waals surface area contributed by atoms with Gasteiger partial charge in [-0.1, -0.05) is 0 Å². The molecular formula is C13H9F3N4O. The van der Waals surface area contributed by atoms with E-state index in [1.165, 1.54) is 24.9 Å². The van der Waals surface area contributed by atoms with Crippen molar-refractivity contribution in [1.82, 2.24) is 14.6 Å². The monoisotopic (exact) mass is 294 g/mol. The Kier molecular flexibility index (Phi) is 3.20. The molecule has 5 nitrogen and oxygen atoms in total. The van der Waals surface area contributed by atoms with Crippen molar-refractivity contribution in [2.75, 3.05) is 0 Å². The van der Waals surface area contributed by atoms with Crippen LogP contribution in [0.5, 0.6) is 0 Å². The number of hydrogen-bond donors (Lipinski definition) is 0. The minimum Gasteiger partial charge on any atom is -0.257 e. The molecule has 0 saturated heterocycles. The molecule has 1 aliphatic heterocycles. The molecule has 0 radical (unpaired) electrons. The van der Waals surface area contributed by atoms with E-state index in [0.717, 1.165) is 15.6 Å². The van der Waals surface area contributed by atoms with Gasteiger partial charge in [0.1, 0.15) is 12.1 Å². The maximum Gasteiger partial charge on any atom is 0.350 e. The van der Waals surface area contributed by atoms with E-state index in [-0.39, 0.29) is 12.0 Å². The number of imidazole rings is 1. The van der Waals surface area contributed by atoms with Crippen molar-refractivity contribution in [3.8, 4) is 0 Å². The first-order valence-corrected chi connectivity index (χ1v) is 6.06. The minimum atomic E-state index is -1.30. The van der Waals surface area contributed by atoms with Gasteiger partial charge >= 0.3 is 6.03 Å². The minimum absolute atomic E-state index is 0.167. The van der Waals surface area contributed by atoms with Gasteiger partial charge in [0.25, 0.3) is 0 Å². The zero-order valence-corrected chi connectivity index (χ0v) is 10.6. The second-order valence-electron chi connectivity index (χ2n) is 4.44. The van der Waals surface area contributed by atoms with E-state index >= 15 is 0 Å². The van der Waals surface area contributed by atoms with E-state index in [4.69, 9.17) is 0 Å². The molecule has 108 valence electrons. The number of aromatic nitrogens is 2. The molecule has 0 unspecified atom stereocenters. The number of halogens is 3. The standard InChI is InChI=1S/C13H9F3N4O/c14-8-5-9(12(16)10(15)6-8)11-1-2-18-20(11)13(21)19-4-3-17-7-19/h2-7,11H,1H2/t11-/m1/s1. The molecular weight excluding hydrogens is 285 g/mol. The van der Waals surface area contributed by atoms with Crippen molar-refractivity contribution >= 4 is 12.2 Å². The molecule has 3 rings (SSSR count). The third-order valence-corrected chi connectivity index (χ3v) is 3.13. The molecule has 2 aromatic rings. The number of hydrogen-bond acceptors (Lipinski definition) is 3. The van der Waals surface area contributed by atoms with Gasteiger partial charge in [0.05, 0.1) is 6.04 Å². The quantitative estimate of drug-likeness (QED) is 0.759. The Morgan fingerprint density at radius 3 is 2.81 bits per heavy atom. The first-order chi connectivity index (χ1) is 10.1. The number of hydrazone groups is 1. The molecule has 1 atom stereocenters. The summed E-state index contributed by atoms with van der Waals surface area (Å²) in [6, 6.07) is -0.164. The topological polar surface area (TPSA) is 50.5 Å². The Morgan fingerprint density at radius 1 is 1.29 bits per heavy atom. The van der Waals surface area contributed by atoms with Crippen molar-refractivity contribution in [1.29, 1.82) is 0 Å². The Hall–Kier alpha value is -2.64. The van der Waals surface area contributed by atoms with Gasteiger partial charge in [0.2, 0.25) is 0 Å². The summed E-state index contributed by atoms with van der Waals surface area (Å²) < 4.78 is 41.6. The molecule has 8 heteroatoms. The highest BCUT2D eigenvalue weighted by molar-refractivity contribution is 5.80. The van der Waals surface area contributed by atoms with Gasteiger partial charge in [-0.05, 0) is 6.07 Å². The van der Waals surface area contributed by atoms with Gasteiger partial charge < -0.3 is 0 Å². The summed E-state index contributed by atoms with van der Waals surface area (Å²) in [5.41, 5.74) is -0.251. The molecule has 1 aromatic carbocycles. The largest absolute Gasteiger partial charge is 0.350 e. The fourth-order valence-electron chi connectivity index (χ4n) is 2.17. The van der Waals surface area contributed by atoms with Crippen LogP contribution in [0.2, 0.25) is 0 Å². The van der Waals surface area contributed by atoms with Gasteiger partial charge in [-0.3, -0.25) is 4.57 Å². The molecule has 0 saturated carbocycles. The maximum absolute atomic E-state index is 13.9. The molecule has 1 amide bonds. The predicted molar refractivity (Wildman–Crippen MR) is 67.0 cm³/mol. The number of benzene rings is 1. The zero-order chi connectivity index (χ0) is 15.0. The van der Waals surface area contributed by atoms with Crippen LogP contribution in [0.1, 0.15) is 18.0 Å². The summed E-state index contributed by atoms with van der Waals surface area (Å²) in [6.45, 7) is 0. The summed E-state index contributed by atoms with van der Waals surface area (Å²) in [6.07, 6.45) is 5.61. The van der Waals surface area contributed by atoms with E-state index in [1.54, 1.807) is 0 Å². The number of carbonyl (C=O) groups is 1. The second-order valence-corrected chi connectivity index (χ2v) is 4.44. The Balaban J connectivity index is 1.98. The fourth-order valence-corrected chi connectivity index (χ4v) is 2.17. The van der Waals surface area contributed by atoms with Crippen LogP contribution < -0.4 is 0 Å². The SMILES string of the molecule is O=C(N1N=CC[C@@H]1c1cc(F)cc(F)c1F)n1ccnc1. The predicted octanol–water partition coefficient (Wildman–Crippen LogP) is 2.70. The second kappa shape index (κ2) is 5.04. The van der Waals surface area contributed by atoms with Crippen molar-refractivity contribution in [3.63, 3.8) is 0 Å². The van der Waals surface area contributed by atoms with Crippen LogP contribution in [0.3, 0.4) is 0 Å². The average molecular weight is 294 g/mol. The Bertz CT molecular complexity index is 714. The number of rotatable bonds is 1. The van der Waals surface area contributed by atoms with E-state index < -0.39 is 29.5 Å². The molecule has 0 spiro atoms. The van der Waals surface area contributed by atoms with E-state index in [0.29, 0.717) is 6.07 Å². The third-order valence-electron chi connectivity index (χ3n) is 3.13. The van der Waals surface area contributed by atoms with Crippen LogP contribution in [0.4, 0.5) is 18.0 Å². The van der Waals surface area contributed by atoms with Crippen molar-refractivity contribution in [2.45, 2.75) is 12.5 Å². The lowest BCUT2D eigenvalue weighted by molar-refractivity contribution is 0.186. The normalized spacial score (nSPS) is 17.5. The molecule has 1 aromatic heterocycles. The van der Waals surface area contributed by atoms with Gasteiger partial charge in [-0.25, -0.2) is 28.0 Å². The Labute approximate surface area is 117 Å². The van der Waals surface area contributed by atoms with Crippen LogP contribution in [0, 0.1) is 17.5 Å². The molecule has 0 aliphatic carbocycles. The van der Waals surface area contributed by atoms with Crippen LogP contribution in [-0.4, -0.2) is 26.8 Å². The summed E-state index contributed by atoms with van der Waals surface area (Å²) >= 11 is 0. The summed E-state index contributed by atoms with van der Waals surface area (Å²) in [5.74, 6) is -3.40. The zero-order valence-electron chi connectivity index (χ0n) is 10.6. The van der Waals surface area contributed by atoms with Crippen molar-refractivity contribution < 1.29 is 18.0 Å². The van der Waals surface area contributed by atoms with Gasteiger partial charge in [-0.2, -0.15) is 5.10 Å². The van der Waals surface area contributed by atoms with Crippen LogP contribution in [0.25, 0.3) is 0 Å². The van der Waals surface area contributed by atoms with E-state index in [9.17, 15) is 18.0 Å². The highest BCUT2D eigenvalue weighted by atomic mass is 19.2. The number of nitrogens with zero attached hydrogens (tertiary/aromatic N) is 4. The lowest BCUT2D eigenvalue weighted by Gasteiger charge is -2.22.